The molecular weight excluding hydrogens is 193 g/mol. The molecule has 2 rings (SSSR count). The molecule has 0 fully saturated rings. The van der Waals surface area contributed by atoms with Gasteiger partial charge in [-0.1, -0.05) is 12.1 Å². The van der Waals surface area contributed by atoms with Crippen molar-refractivity contribution < 1.29 is 4.39 Å². The summed E-state index contributed by atoms with van der Waals surface area (Å²) >= 11 is 0. The smallest absolute Gasteiger partial charge is 0.200 e. The van der Waals surface area contributed by atoms with Crippen molar-refractivity contribution in [3.8, 4) is 11.3 Å². The quantitative estimate of drug-likeness (QED) is 0.774. The van der Waals surface area contributed by atoms with Crippen LogP contribution in [0.4, 0.5) is 10.3 Å². The van der Waals surface area contributed by atoms with Gasteiger partial charge in [0.15, 0.2) is 0 Å². The van der Waals surface area contributed by atoms with Crippen molar-refractivity contribution in [1.29, 1.82) is 0 Å². The van der Waals surface area contributed by atoms with Gasteiger partial charge >= 0.3 is 0 Å². The topological polar surface area (TPSA) is 43.8 Å². The summed E-state index contributed by atoms with van der Waals surface area (Å²) in [6.07, 6.45) is 0. The lowest BCUT2D eigenvalue weighted by Gasteiger charge is -2.00. The molecule has 1 aromatic heterocycles. The molecule has 0 atom stereocenters. The van der Waals surface area contributed by atoms with Crippen LogP contribution in [-0.2, 0) is 7.05 Å². The summed E-state index contributed by atoms with van der Waals surface area (Å²) in [6.45, 7) is 1.91. The number of benzene rings is 1. The van der Waals surface area contributed by atoms with Crippen molar-refractivity contribution in [2.24, 2.45) is 7.05 Å². The molecule has 15 heavy (non-hydrogen) atoms. The number of nitrogen functional groups attached to an aromatic ring is 1. The van der Waals surface area contributed by atoms with Crippen LogP contribution in [0.15, 0.2) is 24.3 Å². The van der Waals surface area contributed by atoms with Gasteiger partial charge in [-0.15, -0.1) is 0 Å². The van der Waals surface area contributed by atoms with Crippen LogP contribution in [-0.4, -0.2) is 9.55 Å². The van der Waals surface area contributed by atoms with E-state index in [4.69, 9.17) is 5.73 Å². The molecule has 0 aliphatic rings. The molecule has 4 heteroatoms. The number of aromatic nitrogens is 2. The van der Waals surface area contributed by atoms with Gasteiger partial charge in [0, 0.05) is 18.3 Å². The van der Waals surface area contributed by atoms with Crippen LogP contribution < -0.4 is 5.73 Å². The van der Waals surface area contributed by atoms with Gasteiger partial charge in [-0.3, -0.25) is 0 Å². The summed E-state index contributed by atoms with van der Waals surface area (Å²) in [5.74, 6) is 0.169. The number of nitrogens with zero attached hydrogens (tertiary/aromatic N) is 2. The lowest BCUT2D eigenvalue weighted by Crippen LogP contribution is -1.97. The summed E-state index contributed by atoms with van der Waals surface area (Å²) in [5.41, 5.74) is 8.08. The second-order valence-corrected chi connectivity index (χ2v) is 3.47. The Bertz CT molecular complexity index is 503. The van der Waals surface area contributed by atoms with E-state index < -0.39 is 0 Å². The fourth-order valence-electron chi connectivity index (χ4n) is 1.51. The molecule has 0 spiro atoms. The molecule has 3 nitrogen and oxygen atoms in total. The summed E-state index contributed by atoms with van der Waals surface area (Å²) in [5, 5.41) is 0. The molecular formula is C11H12FN3. The monoisotopic (exact) mass is 205 g/mol. The predicted molar refractivity (Wildman–Crippen MR) is 57.8 cm³/mol. The maximum atomic E-state index is 13.0. The SMILES string of the molecule is Cc1c(-c2cccc(F)c2)nc(N)n1C. The van der Waals surface area contributed by atoms with Crippen LogP contribution in [0.1, 0.15) is 5.69 Å². The van der Waals surface area contributed by atoms with Crippen LogP contribution in [0.25, 0.3) is 11.3 Å². The standard InChI is InChI=1S/C11H12FN3/c1-7-10(14-11(13)15(7)2)8-4-3-5-9(12)6-8/h3-6H,1-2H3,(H2,13,14). The lowest BCUT2D eigenvalue weighted by molar-refractivity contribution is 0.628. The Morgan fingerprint density at radius 2 is 2.13 bits per heavy atom. The van der Waals surface area contributed by atoms with Crippen molar-refractivity contribution in [1.82, 2.24) is 9.55 Å². The van der Waals surface area contributed by atoms with Gasteiger partial charge in [-0.05, 0) is 19.1 Å². The Hall–Kier alpha value is -1.84. The zero-order valence-corrected chi connectivity index (χ0v) is 8.66. The number of anilines is 1. The summed E-state index contributed by atoms with van der Waals surface area (Å²) < 4.78 is 14.8. The van der Waals surface area contributed by atoms with Gasteiger partial charge in [0.25, 0.3) is 0 Å². The van der Waals surface area contributed by atoms with Crippen LogP contribution in [0.3, 0.4) is 0 Å². The highest BCUT2D eigenvalue weighted by Crippen LogP contribution is 2.24. The molecule has 0 unspecified atom stereocenters. The Kier molecular flexibility index (Phi) is 2.19. The summed E-state index contributed by atoms with van der Waals surface area (Å²) in [4.78, 5) is 4.20. The van der Waals surface area contributed by atoms with E-state index in [2.05, 4.69) is 4.98 Å². The van der Waals surface area contributed by atoms with Crippen LogP contribution in [0, 0.1) is 12.7 Å². The Morgan fingerprint density at radius 1 is 1.40 bits per heavy atom. The highest BCUT2D eigenvalue weighted by molar-refractivity contribution is 5.63. The molecule has 0 aliphatic carbocycles. The van der Waals surface area contributed by atoms with Gasteiger partial charge in [-0.2, -0.15) is 0 Å². The van der Waals surface area contributed by atoms with Gasteiger partial charge in [-0.25, -0.2) is 9.37 Å². The number of halogens is 1. The molecule has 1 aromatic carbocycles. The fourth-order valence-corrected chi connectivity index (χ4v) is 1.51. The highest BCUT2D eigenvalue weighted by Gasteiger charge is 2.10. The predicted octanol–water partition coefficient (Wildman–Crippen LogP) is 2.12. The zero-order valence-electron chi connectivity index (χ0n) is 8.66. The van der Waals surface area contributed by atoms with E-state index in [1.54, 1.807) is 10.6 Å². The highest BCUT2D eigenvalue weighted by atomic mass is 19.1. The van der Waals surface area contributed by atoms with E-state index >= 15 is 0 Å². The number of nitrogens with two attached hydrogens (primary N) is 1. The first kappa shape index (κ1) is 9.71. The second kappa shape index (κ2) is 3.38. The molecule has 0 saturated heterocycles. The van der Waals surface area contributed by atoms with E-state index in [0.29, 0.717) is 5.95 Å². The third-order valence-corrected chi connectivity index (χ3v) is 2.51. The minimum atomic E-state index is -0.267. The first-order chi connectivity index (χ1) is 7.09. The Morgan fingerprint density at radius 3 is 2.67 bits per heavy atom. The van der Waals surface area contributed by atoms with Crippen molar-refractivity contribution in [2.45, 2.75) is 6.92 Å². The van der Waals surface area contributed by atoms with E-state index in [1.165, 1.54) is 12.1 Å². The maximum absolute atomic E-state index is 13.0. The molecule has 0 radical (unpaired) electrons. The van der Waals surface area contributed by atoms with Gasteiger partial charge in [0.1, 0.15) is 5.82 Å². The Labute approximate surface area is 87.4 Å². The lowest BCUT2D eigenvalue weighted by atomic mass is 10.1. The zero-order chi connectivity index (χ0) is 11.0. The van der Waals surface area contributed by atoms with E-state index in [0.717, 1.165) is 17.0 Å². The van der Waals surface area contributed by atoms with Gasteiger partial charge in [0.05, 0.1) is 5.69 Å². The minimum Gasteiger partial charge on any atom is -0.369 e. The molecule has 78 valence electrons. The molecule has 0 amide bonds. The second-order valence-electron chi connectivity index (χ2n) is 3.47. The largest absolute Gasteiger partial charge is 0.369 e. The average Bonchev–Trinajstić information content (AvgIpc) is 2.46. The van der Waals surface area contributed by atoms with Crippen LogP contribution in [0.2, 0.25) is 0 Å². The summed E-state index contributed by atoms with van der Waals surface area (Å²) in [7, 11) is 1.83. The van der Waals surface area contributed by atoms with Crippen molar-refractivity contribution >= 4 is 5.95 Å². The first-order valence-electron chi connectivity index (χ1n) is 4.64. The molecule has 1 heterocycles. The van der Waals surface area contributed by atoms with Gasteiger partial charge < -0.3 is 10.3 Å². The third kappa shape index (κ3) is 1.58. The van der Waals surface area contributed by atoms with Crippen molar-refractivity contribution in [3.63, 3.8) is 0 Å². The van der Waals surface area contributed by atoms with Crippen molar-refractivity contribution in [2.75, 3.05) is 5.73 Å². The van der Waals surface area contributed by atoms with E-state index in [1.807, 2.05) is 20.0 Å². The fraction of sp³-hybridized carbons (Fsp3) is 0.182. The molecule has 2 N–H and O–H groups in total. The first-order valence-corrected chi connectivity index (χ1v) is 4.64. The normalized spacial score (nSPS) is 10.6. The number of hydrogen-bond acceptors (Lipinski definition) is 2. The van der Waals surface area contributed by atoms with Crippen LogP contribution >= 0.6 is 0 Å². The third-order valence-electron chi connectivity index (χ3n) is 2.51. The molecule has 0 aliphatic heterocycles. The number of rotatable bonds is 1. The number of hydrogen-bond donors (Lipinski definition) is 1. The van der Waals surface area contributed by atoms with Gasteiger partial charge in [0.2, 0.25) is 5.95 Å². The Balaban J connectivity index is 2.59. The minimum absolute atomic E-state index is 0.267. The summed E-state index contributed by atoms with van der Waals surface area (Å²) in [6, 6.07) is 6.34. The van der Waals surface area contributed by atoms with E-state index in [9.17, 15) is 4.39 Å². The van der Waals surface area contributed by atoms with Crippen molar-refractivity contribution in [3.05, 3.63) is 35.8 Å². The van der Waals surface area contributed by atoms with E-state index in [-0.39, 0.29) is 5.82 Å². The molecule has 0 saturated carbocycles. The van der Waals surface area contributed by atoms with Crippen LogP contribution in [0.5, 0.6) is 0 Å². The maximum Gasteiger partial charge on any atom is 0.200 e. The number of imidazole rings is 1. The molecule has 2 aromatic rings. The molecule has 0 bridgehead atoms. The average molecular weight is 205 g/mol.